The third-order valence-corrected chi connectivity index (χ3v) is 4.05. The van der Waals surface area contributed by atoms with Gasteiger partial charge in [0.25, 0.3) is 5.91 Å². The summed E-state index contributed by atoms with van der Waals surface area (Å²) in [6.07, 6.45) is 3.24. The molecule has 1 aliphatic heterocycles. The van der Waals surface area contributed by atoms with Crippen LogP contribution in [0.2, 0.25) is 0 Å². The van der Waals surface area contributed by atoms with Crippen molar-refractivity contribution in [3.05, 3.63) is 18.2 Å². The van der Waals surface area contributed by atoms with E-state index in [9.17, 15) is 4.79 Å². The number of nitrogens with zero attached hydrogens (tertiary/aromatic N) is 1. The van der Waals surface area contributed by atoms with Crippen molar-refractivity contribution < 1.29 is 14.3 Å². The Hall–Kier alpha value is -1.75. The van der Waals surface area contributed by atoms with Crippen LogP contribution in [0.1, 0.15) is 33.1 Å². The van der Waals surface area contributed by atoms with Gasteiger partial charge < -0.3 is 19.7 Å². The van der Waals surface area contributed by atoms with Crippen molar-refractivity contribution in [2.45, 2.75) is 44.8 Å². The van der Waals surface area contributed by atoms with Gasteiger partial charge in [-0.05, 0) is 51.3 Å². The zero-order valence-electron chi connectivity index (χ0n) is 13.5. The average molecular weight is 304 g/mol. The maximum absolute atomic E-state index is 12.7. The minimum atomic E-state index is -0.828. The summed E-state index contributed by atoms with van der Waals surface area (Å²) in [6.45, 7) is 4.91. The lowest BCUT2D eigenvalue weighted by molar-refractivity contribution is -0.132. The molecule has 0 radical (unpaired) electrons. The van der Waals surface area contributed by atoms with Crippen LogP contribution in [0.25, 0.3) is 0 Å². The summed E-state index contributed by atoms with van der Waals surface area (Å²) in [5.41, 5.74) is 1.08. The molecule has 0 aromatic heterocycles. The molecule has 1 aromatic rings. The van der Waals surface area contributed by atoms with Crippen LogP contribution in [0.4, 0.5) is 11.4 Å². The number of anilines is 2. The topological polar surface area (TPSA) is 50.8 Å². The number of amides is 1. The van der Waals surface area contributed by atoms with E-state index in [1.807, 2.05) is 36.9 Å². The zero-order chi connectivity index (χ0) is 15.7. The van der Waals surface area contributed by atoms with Gasteiger partial charge in [0, 0.05) is 32.0 Å². The minimum Gasteiger partial charge on any atom is -0.476 e. The first-order valence-corrected chi connectivity index (χ1v) is 7.92. The molecule has 1 heterocycles. The van der Waals surface area contributed by atoms with Crippen molar-refractivity contribution in [3.63, 3.8) is 0 Å². The molecule has 5 nitrogen and oxygen atoms in total. The first kappa shape index (κ1) is 15.2. The quantitative estimate of drug-likeness (QED) is 0.821. The highest BCUT2D eigenvalue weighted by Crippen LogP contribution is 2.40. The van der Waals surface area contributed by atoms with Crippen LogP contribution in [0.15, 0.2) is 18.2 Å². The summed E-state index contributed by atoms with van der Waals surface area (Å²) < 4.78 is 11.0. The van der Waals surface area contributed by atoms with Crippen molar-refractivity contribution in [1.29, 1.82) is 0 Å². The van der Waals surface area contributed by atoms with Crippen LogP contribution >= 0.6 is 0 Å². The van der Waals surface area contributed by atoms with E-state index >= 15 is 0 Å². The maximum atomic E-state index is 12.7. The van der Waals surface area contributed by atoms with E-state index < -0.39 is 5.60 Å². The van der Waals surface area contributed by atoms with Gasteiger partial charge in [-0.2, -0.15) is 0 Å². The second kappa shape index (κ2) is 5.80. The summed E-state index contributed by atoms with van der Waals surface area (Å²) in [5, 5.41) is 3.47. The van der Waals surface area contributed by atoms with Crippen molar-refractivity contribution in [3.8, 4) is 5.75 Å². The fourth-order valence-electron chi connectivity index (χ4n) is 2.71. The molecule has 22 heavy (non-hydrogen) atoms. The molecule has 1 aromatic carbocycles. The molecule has 2 aliphatic rings. The van der Waals surface area contributed by atoms with Gasteiger partial charge in [0.1, 0.15) is 5.75 Å². The Balaban J connectivity index is 1.87. The van der Waals surface area contributed by atoms with Gasteiger partial charge in [0.2, 0.25) is 0 Å². The van der Waals surface area contributed by atoms with E-state index in [-0.39, 0.29) is 5.91 Å². The third-order valence-electron chi connectivity index (χ3n) is 4.05. The molecule has 5 heteroatoms. The number of carbonyl (C=O) groups excluding carboxylic acids is 1. The molecule has 0 spiro atoms. The van der Waals surface area contributed by atoms with Gasteiger partial charge in [0.15, 0.2) is 5.60 Å². The van der Waals surface area contributed by atoms with Crippen LogP contribution in [-0.2, 0) is 9.53 Å². The van der Waals surface area contributed by atoms with E-state index in [2.05, 4.69) is 5.32 Å². The second-order valence-electron chi connectivity index (χ2n) is 6.52. The van der Waals surface area contributed by atoms with Crippen molar-refractivity contribution in [1.82, 2.24) is 0 Å². The molecule has 0 bridgehead atoms. The average Bonchev–Trinajstić information content (AvgIpc) is 3.28. The highest BCUT2D eigenvalue weighted by molar-refractivity contribution is 6.02. The molecule has 1 saturated carbocycles. The summed E-state index contributed by atoms with van der Waals surface area (Å²) in [5.74, 6) is 0.767. The first-order valence-electron chi connectivity index (χ1n) is 7.92. The normalized spacial score (nSPS) is 19.6. The smallest absolute Gasteiger partial charge is 0.270 e. The molecule has 120 valence electrons. The molecule has 0 saturated heterocycles. The number of ether oxygens (including phenoxy) is 2. The van der Waals surface area contributed by atoms with E-state index in [1.54, 1.807) is 7.11 Å². The molecule has 0 unspecified atom stereocenters. The Morgan fingerprint density at radius 2 is 2.18 bits per heavy atom. The largest absolute Gasteiger partial charge is 0.476 e. The Morgan fingerprint density at radius 1 is 1.41 bits per heavy atom. The molecular formula is C17H24N2O3. The molecule has 1 fully saturated rings. The molecular weight excluding hydrogens is 280 g/mol. The number of hydrogen-bond acceptors (Lipinski definition) is 4. The number of nitrogens with one attached hydrogen (secondary N) is 1. The molecule has 1 N–H and O–H groups in total. The standard InChI is InChI=1S/C17H24N2O3/c1-17(2)16(20)19(9-4-10-21-3)14-11-13(18-12-5-6-12)7-8-15(14)22-17/h7-8,11-12,18H,4-6,9-10H2,1-3H3. The lowest BCUT2D eigenvalue weighted by Crippen LogP contribution is -2.52. The van der Waals surface area contributed by atoms with Gasteiger partial charge in [0.05, 0.1) is 5.69 Å². The number of carbonyl (C=O) groups is 1. The van der Waals surface area contributed by atoms with Gasteiger partial charge in [-0.25, -0.2) is 0 Å². The van der Waals surface area contributed by atoms with Crippen molar-refractivity contribution >= 4 is 17.3 Å². The Bertz CT molecular complexity index is 567. The Labute approximate surface area is 131 Å². The minimum absolute atomic E-state index is 0.000301. The first-order chi connectivity index (χ1) is 10.5. The van der Waals surface area contributed by atoms with Gasteiger partial charge in [-0.1, -0.05) is 0 Å². The van der Waals surface area contributed by atoms with Crippen LogP contribution in [-0.4, -0.2) is 37.8 Å². The Kier molecular flexibility index (Phi) is 4.00. The predicted molar refractivity (Wildman–Crippen MR) is 86.6 cm³/mol. The third kappa shape index (κ3) is 3.04. The summed E-state index contributed by atoms with van der Waals surface area (Å²) >= 11 is 0. The maximum Gasteiger partial charge on any atom is 0.270 e. The highest BCUT2D eigenvalue weighted by atomic mass is 16.5. The van der Waals surface area contributed by atoms with Gasteiger partial charge in [-0.3, -0.25) is 4.79 Å². The highest BCUT2D eigenvalue weighted by Gasteiger charge is 2.40. The van der Waals surface area contributed by atoms with Crippen LogP contribution in [0.3, 0.4) is 0 Å². The van der Waals surface area contributed by atoms with Crippen molar-refractivity contribution in [2.75, 3.05) is 30.5 Å². The van der Waals surface area contributed by atoms with E-state index in [0.717, 1.165) is 23.5 Å². The van der Waals surface area contributed by atoms with Gasteiger partial charge in [-0.15, -0.1) is 0 Å². The van der Waals surface area contributed by atoms with E-state index in [1.165, 1.54) is 12.8 Å². The SMILES string of the molecule is COCCCN1C(=O)C(C)(C)Oc2ccc(NC3CC3)cc21. The van der Waals surface area contributed by atoms with Crippen LogP contribution in [0, 0.1) is 0 Å². The number of benzene rings is 1. The number of methoxy groups -OCH3 is 1. The predicted octanol–water partition coefficient (Wildman–Crippen LogP) is 2.80. The van der Waals surface area contributed by atoms with Crippen LogP contribution < -0.4 is 15.0 Å². The van der Waals surface area contributed by atoms with Gasteiger partial charge >= 0.3 is 0 Å². The van der Waals surface area contributed by atoms with Crippen molar-refractivity contribution in [2.24, 2.45) is 0 Å². The molecule has 0 atom stereocenters. The fraction of sp³-hybridized carbons (Fsp3) is 0.588. The molecule has 3 rings (SSSR count). The number of hydrogen-bond donors (Lipinski definition) is 1. The molecule has 1 aliphatic carbocycles. The number of fused-ring (bicyclic) bond motifs is 1. The van der Waals surface area contributed by atoms with E-state index in [4.69, 9.17) is 9.47 Å². The monoisotopic (exact) mass is 304 g/mol. The zero-order valence-corrected chi connectivity index (χ0v) is 13.5. The Morgan fingerprint density at radius 3 is 2.86 bits per heavy atom. The lowest BCUT2D eigenvalue weighted by atomic mass is 10.0. The lowest BCUT2D eigenvalue weighted by Gasteiger charge is -2.39. The molecule has 1 amide bonds. The number of rotatable bonds is 6. The second-order valence-corrected chi connectivity index (χ2v) is 6.52. The summed E-state index contributed by atoms with van der Waals surface area (Å²) in [6, 6.07) is 6.58. The summed E-state index contributed by atoms with van der Waals surface area (Å²) in [4.78, 5) is 14.5. The van der Waals surface area contributed by atoms with E-state index in [0.29, 0.717) is 19.2 Å². The van der Waals surface area contributed by atoms with Crippen LogP contribution in [0.5, 0.6) is 5.75 Å². The summed E-state index contributed by atoms with van der Waals surface area (Å²) in [7, 11) is 1.68. The fourth-order valence-corrected chi connectivity index (χ4v) is 2.71.